The van der Waals surface area contributed by atoms with Gasteiger partial charge < -0.3 is 25.4 Å². The topological polar surface area (TPSA) is 125 Å². The summed E-state index contributed by atoms with van der Waals surface area (Å²) in [5, 5.41) is 28.7. The van der Waals surface area contributed by atoms with Crippen LogP contribution in [-0.2, 0) is 6.54 Å². The molecule has 0 radical (unpaired) electrons. The zero-order valence-corrected chi connectivity index (χ0v) is 19.1. The van der Waals surface area contributed by atoms with Gasteiger partial charge in [-0.3, -0.25) is 0 Å². The zero-order chi connectivity index (χ0) is 15.7. The van der Waals surface area contributed by atoms with Gasteiger partial charge in [-0.2, -0.15) is 0 Å². The van der Waals surface area contributed by atoms with Crippen molar-refractivity contribution in [2.75, 3.05) is 5.32 Å². The minimum absolute atomic E-state index is 0. The smallest absolute Gasteiger partial charge is 0.652 e. The summed E-state index contributed by atoms with van der Waals surface area (Å²) in [6, 6.07) is 12.9. The summed E-state index contributed by atoms with van der Waals surface area (Å²) in [6.45, 7) is 0.554. The number of nitrogens with one attached hydrogen (secondary N) is 1. The Morgan fingerprint density at radius 2 is 1.61 bits per heavy atom. The van der Waals surface area contributed by atoms with E-state index in [-0.39, 0.29) is 108 Å². The number of aromatic nitrogens is 1. The third-order valence-corrected chi connectivity index (χ3v) is 2.34. The van der Waals surface area contributed by atoms with E-state index in [1.165, 1.54) is 6.07 Å². The number of anilines is 1. The molecule has 0 aliphatic heterocycles. The van der Waals surface area contributed by atoms with Gasteiger partial charge in [0.05, 0.1) is 0 Å². The molecule has 2 aromatic rings. The number of carbonyl (C=O) groups is 2. The number of benzene rings is 1. The number of carboxylic acid groups (broad SMARTS) is 3. The van der Waals surface area contributed by atoms with E-state index in [1.807, 2.05) is 30.3 Å². The summed E-state index contributed by atoms with van der Waals surface area (Å²) in [7, 11) is 0. The first kappa shape index (κ1) is 25.4. The molecular weight excluding hydrogens is 354 g/mol. The Kier molecular flexibility index (Phi) is 16.0. The van der Waals surface area contributed by atoms with Crippen molar-refractivity contribution >= 4 is 17.9 Å². The van der Waals surface area contributed by atoms with E-state index in [0.29, 0.717) is 12.4 Å². The second-order valence-corrected chi connectivity index (χ2v) is 3.79. The fraction of sp³-hybridized carbons (Fsp3) is 0.0714. The van der Waals surface area contributed by atoms with Crippen molar-refractivity contribution in [1.82, 2.24) is 4.98 Å². The first-order valence-corrected chi connectivity index (χ1v) is 5.85. The number of hydrogen-bond acceptors (Lipinski definition) is 6. The van der Waals surface area contributed by atoms with Gasteiger partial charge in [0.25, 0.3) is 0 Å². The van der Waals surface area contributed by atoms with Gasteiger partial charge in [-0.1, -0.05) is 30.3 Å². The van der Waals surface area contributed by atoms with Crippen LogP contribution >= 0.6 is 0 Å². The molecule has 0 aliphatic rings. The molecule has 2 N–H and O–H groups in total. The second-order valence-electron chi connectivity index (χ2n) is 3.79. The monoisotopic (exact) mass is 366 g/mol. The number of nitrogens with zero attached hydrogens (tertiary/aromatic N) is 1. The first-order valence-electron chi connectivity index (χ1n) is 5.85. The molecule has 0 aliphatic carbocycles. The SMILES string of the molecule is O=C(O)c1cccnc1NCc1ccccc1.O=C([O-])[O-].[K+].[K+]. The Labute approximate surface area is 218 Å². The predicted molar refractivity (Wildman–Crippen MR) is 70.4 cm³/mol. The normalized spacial score (nSPS) is 8.35. The molecule has 7 nitrogen and oxygen atoms in total. The number of carbonyl (C=O) groups excluding carboxylic acids is 1. The molecule has 0 spiro atoms. The number of hydrogen-bond donors (Lipinski definition) is 2. The maximum absolute atomic E-state index is 11.0. The number of rotatable bonds is 4. The van der Waals surface area contributed by atoms with Crippen LogP contribution in [0.4, 0.5) is 10.6 Å². The molecule has 0 unspecified atom stereocenters. The molecule has 110 valence electrons. The van der Waals surface area contributed by atoms with Gasteiger partial charge in [-0.05, 0) is 23.9 Å². The summed E-state index contributed by atoms with van der Waals surface area (Å²) in [5.41, 5.74) is 1.26. The van der Waals surface area contributed by atoms with Crippen LogP contribution in [-0.4, -0.2) is 22.2 Å². The molecular formula is C14H12K2N2O5. The van der Waals surface area contributed by atoms with Crippen LogP contribution in [0.15, 0.2) is 48.7 Å². The minimum Gasteiger partial charge on any atom is -0.652 e. The van der Waals surface area contributed by atoms with Crippen molar-refractivity contribution in [3.05, 3.63) is 59.8 Å². The van der Waals surface area contributed by atoms with Gasteiger partial charge in [-0.25, -0.2) is 9.78 Å². The summed E-state index contributed by atoms with van der Waals surface area (Å²) < 4.78 is 0. The quantitative estimate of drug-likeness (QED) is 0.516. The van der Waals surface area contributed by atoms with E-state index in [1.54, 1.807) is 12.3 Å². The maximum atomic E-state index is 11.0. The van der Waals surface area contributed by atoms with Crippen LogP contribution in [0.2, 0.25) is 0 Å². The summed E-state index contributed by atoms with van der Waals surface area (Å²) in [4.78, 5) is 23.3. The van der Waals surface area contributed by atoms with Gasteiger partial charge >= 0.3 is 109 Å². The van der Waals surface area contributed by atoms with Crippen LogP contribution in [0.5, 0.6) is 0 Å². The molecule has 2 rings (SSSR count). The molecule has 23 heavy (non-hydrogen) atoms. The van der Waals surface area contributed by atoms with Crippen molar-refractivity contribution in [2.24, 2.45) is 0 Å². The van der Waals surface area contributed by atoms with Crippen molar-refractivity contribution in [3.63, 3.8) is 0 Å². The van der Waals surface area contributed by atoms with E-state index in [9.17, 15) is 4.79 Å². The van der Waals surface area contributed by atoms with E-state index in [2.05, 4.69) is 10.3 Å². The largest absolute Gasteiger partial charge is 1.00 e. The van der Waals surface area contributed by atoms with E-state index in [0.717, 1.165) is 5.56 Å². The summed E-state index contributed by atoms with van der Waals surface area (Å²) in [6.07, 6.45) is -0.764. The van der Waals surface area contributed by atoms with Crippen LogP contribution in [0.25, 0.3) is 0 Å². The summed E-state index contributed by atoms with van der Waals surface area (Å²) >= 11 is 0. The fourth-order valence-electron chi connectivity index (χ4n) is 1.50. The predicted octanol–water partition coefficient (Wildman–Crippen LogP) is -6.05. The van der Waals surface area contributed by atoms with Crippen molar-refractivity contribution in [3.8, 4) is 0 Å². The van der Waals surface area contributed by atoms with Crippen LogP contribution in [0.1, 0.15) is 15.9 Å². The fourth-order valence-corrected chi connectivity index (χ4v) is 1.50. The third kappa shape index (κ3) is 11.4. The Morgan fingerprint density at radius 1 is 1.04 bits per heavy atom. The molecule has 0 fully saturated rings. The van der Waals surface area contributed by atoms with E-state index in [4.69, 9.17) is 20.1 Å². The van der Waals surface area contributed by atoms with Gasteiger partial charge in [0.2, 0.25) is 0 Å². The molecule has 0 saturated carbocycles. The molecule has 1 aromatic heterocycles. The molecule has 0 bridgehead atoms. The number of aromatic carboxylic acids is 1. The maximum Gasteiger partial charge on any atom is 1.00 e. The molecule has 9 heteroatoms. The van der Waals surface area contributed by atoms with Crippen LogP contribution in [0.3, 0.4) is 0 Å². The summed E-state index contributed by atoms with van der Waals surface area (Å²) in [5.74, 6) is -0.586. The molecule has 0 saturated heterocycles. The Hall–Kier alpha value is 0.183. The van der Waals surface area contributed by atoms with E-state index >= 15 is 0 Å². The van der Waals surface area contributed by atoms with Gasteiger partial charge in [-0.15, -0.1) is 0 Å². The Morgan fingerprint density at radius 3 is 2.13 bits per heavy atom. The first-order chi connectivity index (χ1) is 10.0. The molecule has 1 aromatic carbocycles. The average Bonchev–Trinajstić information content (AvgIpc) is 2.46. The van der Waals surface area contributed by atoms with Crippen LogP contribution < -0.4 is 118 Å². The second kappa shape index (κ2) is 14.5. The zero-order valence-electron chi connectivity index (χ0n) is 12.9. The average molecular weight is 366 g/mol. The number of pyridine rings is 1. The molecule has 1 heterocycles. The minimum atomic E-state index is -2.33. The number of carboxylic acids is 1. The third-order valence-electron chi connectivity index (χ3n) is 2.34. The van der Waals surface area contributed by atoms with Crippen molar-refractivity contribution in [1.29, 1.82) is 0 Å². The van der Waals surface area contributed by atoms with Gasteiger partial charge in [0, 0.05) is 12.7 Å². The Balaban J connectivity index is 0. The van der Waals surface area contributed by atoms with Crippen molar-refractivity contribution < 1.29 is 128 Å². The molecule has 0 amide bonds. The van der Waals surface area contributed by atoms with E-state index < -0.39 is 12.1 Å². The van der Waals surface area contributed by atoms with Gasteiger partial charge in [0.15, 0.2) is 0 Å². The standard InChI is InChI=1S/C13H12N2O2.CH2O3.2K/c16-13(17)11-7-4-8-14-12(11)15-9-10-5-2-1-3-6-10;2-1(3)4;;/h1-8H,9H2,(H,14,15)(H,16,17);(H2,2,3,4);;/q;;2*+1/p-2. The van der Waals surface area contributed by atoms with Gasteiger partial charge in [0.1, 0.15) is 11.4 Å². The van der Waals surface area contributed by atoms with Crippen LogP contribution in [0, 0.1) is 0 Å². The van der Waals surface area contributed by atoms with Crippen molar-refractivity contribution in [2.45, 2.75) is 6.54 Å². The molecule has 0 atom stereocenters. The Bertz CT molecular complexity index is 607.